The van der Waals surface area contributed by atoms with Gasteiger partial charge in [-0.05, 0) is 35.4 Å². The van der Waals surface area contributed by atoms with Gasteiger partial charge in [-0.1, -0.05) is 60.1 Å². The van der Waals surface area contributed by atoms with Crippen molar-refractivity contribution in [2.24, 2.45) is 4.99 Å². The maximum Gasteiger partial charge on any atom is 0.217 e. The van der Waals surface area contributed by atoms with E-state index < -0.39 is 5.54 Å². The molecule has 0 radical (unpaired) electrons. The van der Waals surface area contributed by atoms with Gasteiger partial charge in [0.2, 0.25) is 5.90 Å². The molecule has 0 saturated heterocycles. The van der Waals surface area contributed by atoms with E-state index in [0.29, 0.717) is 35.2 Å². The minimum absolute atomic E-state index is 0.298. The van der Waals surface area contributed by atoms with E-state index in [2.05, 4.69) is 10.1 Å². The minimum Gasteiger partial charge on any atom is -0.474 e. The van der Waals surface area contributed by atoms with E-state index in [4.69, 9.17) is 21.3 Å². The number of benzene rings is 3. The quantitative estimate of drug-likeness (QED) is 0.440. The number of halogens is 2. The van der Waals surface area contributed by atoms with Gasteiger partial charge >= 0.3 is 0 Å². The van der Waals surface area contributed by atoms with Gasteiger partial charge in [-0.2, -0.15) is 5.10 Å². The monoisotopic (exact) mass is 432 g/mol. The Morgan fingerprint density at radius 1 is 1.00 bits per heavy atom. The third-order valence-electron chi connectivity index (χ3n) is 5.34. The van der Waals surface area contributed by atoms with Crippen LogP contribution in [0.5, 0.6) is 0 Å². The average molecular weight is 433 g/mol. The molecule has 1 aliphatic rings. The molecule has 1 aliphatic heterocycles. The van der Waals surface area contributed by atoms with Gasteiger partial charge in [0.15, 0.2) is 0 Å². The van der Waals surface area contributed by atoms with Crippen molar-refractivity contribution in [3.05, 3.63) is 107 Å². The van der Waals surface area contributed by atoms with Gasteiger partial charge in [0.05, 0.1) is 6.54 Å². The highest BCUT2D eigenvalue weighted by Gasteiger charge is 2.40. The number of ether oxygens (including phenoxy) is 1. The number of aliphatic imine (C=N–C) groups is 1. The average Bonchev–Trinajstić information content (AvgIpc) is 3.46. The summed E-state index contributed by atoms with van der Waals surface area (Å²) in [6.45, 7) is 0.731. The van der Waals surface area contributed by atoms with Crippen molar-refractivity contribution >= 4 is 17.5 Å². The lowest BCUT2D eigenvalue weighted by atomic mass is 9.91. The molecule has 2 heterocycles. The first-order valence-corrected chi connectivity index (χ1v) is 10.2. The lowest BCUT2D eigenvalue weighted by Crippen LogP contribution is -2.31. The van der Waals surface area contributed by atoms with Crippen LogP contribution < -0.4 is 0 Å². The Bertz CT molecular complexity index is 1230. The molecule has 0 bridgehead atoms. The molecule has 4 aromatic rings. The molecule has 31 heavy (non-hydrogen) atoms. The van der Waals surface area contributed by atoms with E-state index in [-0.39, 0.29) is 5.82 Å². The second-order valence-electron chi connectivity index (χ2n) is 7.40. The largest absolute Gasteiger partial charge is 0.474 e. The Morgan fingerprint density at radius 2 is 1.81 bits per heavy atom. The summed E-state index contributed by atoms with van der Waals surface area (Å²) in [6, 6.07) is 22.0. The molecular formula is C24H18ClFN4O. The number of aromatic nitrogens is 3. The lowest BCUT2D eigenvalue weighted by molar-refractivity contribution is 0.230. The number of hydrogen-bond acceptors (Lipinski definition) is 4. The highest BCUT2D eigenvalue weighted by molar-refractivity contribution is 6.30. The van der Waals surface area contributed by atoms with Crippen LogP contribution in [0.1, 0.15) is 11.1 Å². The van der Waals surface area contributed by atoms with Crippen molar-refractivity contribution in [2.45, 2.75) is 12.1 Å². The molecule has 7 heteroatoms. The van der Waals surface area contributed by atoms with Crippen molar-refractivity contribution in [1.82, 2.24) is 14.8 Å². The summed E-state index contributed by atoms with van der Waals surface area (Å²) >= 11 is 6.08. The standard InChI is InChI=1S/C24H18ClFN4O/c25-20-9-7-19(8-10-20)24(13-30-16-27-15-28-30)14-31-23(29-24)18-6-11-21(22(26)12-18)17-4-2-1-3-5-17/h1-12,15-16H,13-14H2. The van der Waals surface area contributed by atoms with Crippen LogP contribution in [-0.4, -0.2) is 27.3 Å². The van der Waals surface area contributed by atoms with Crippen LogP contribution in [0.15, 0.2) is 90.4 Å². The van der Waals surface area contributed by atoms with E-state index in [0.717, 1.165) is 11.1 Å². The molecule has 1 atom stereocenters. The summed E-state index contributed by atoms with van der Waals surface area (Å²) in [5, 5.41) is 4.86. The molecule has 0 saturated carbocycles. The zero-order valence-corrected chi connectivity index (χ0v) is 17.2. The number of rotatable bonds is 5. The molecule has 0 fully saturated rings. The summed E-state index contributed by atoms with van der Waals surface area (Å²) in [5.41, 5.74) is 2.16. The molecule has 0 N–H and O–H groups in total. The second kappa shape index (κ2) is 7.96. The molecule has 1 unspecified atom stereocenters. The van der Waals surface area contributed by atoms with Crippen molar-refractivity contribution in [2.75, 3.05) is 6.61 Å². The van der Waals surface area contributed by atoms with E-state index >= 15 is 0 Å². The Hall–Kier alpha value is -3.51. The van der Waals surface area contributed by atoms with Gasteiger partial charge in [0, 0.05) is 16.1 Å². The molecule has 0 aliphatic carbocycles. The fourth-order valence-electron chi connectivity index (χ4n) is 3.76. The van der Waals surface area contributed by atoms with Crippen LogP contribution in [0.25, 0.3) is 11.1 Å². The smallest absolute Gasteiger partial charge is 0.217 e. The van der Waals surface area contributed by atoms with Crippen LogP contribution in [0.3, 0.4) is 0 Å². The van der Waals surface area contributed by atoms with Gasteiger partial charge in [0.1, 0.15) is 30.6 Å². The van der Waals surface area contributed by atoms with Crippen molar-refractivity contribution in [3.63, 3.8) is 0 Å². The summed E-state index contributed by atoms with van der Waals surface area (Å²) in [5.74, 6) is 0.0730. The van der Waals surface area contributed by atoms with E-state index in [1.807, 2.05) is 60.7 Å². The summed E-state index contributed by atoms with van der Waals surface area (Å²) in [6.07, 6.45) is 3.12. The summed E-state index contributed by atoms with van der Waals surface area (Å²) in [7, 11) is 0. The lowest BCUT2D eigenvalue weighted by Gasteiger charge is -2.24. The van der Waals surface area contributed by atoms with Crippen LogP contribution in [0.2, 0.25) is 5.02 Å². The summed E-state index contributed by atoms with van der Waals surface area (Å²) in [4.78, 5) is 8.93. The Balaban J connectivity index is 1.53. The maximum absolute atomic E-state index is 14.9. The topological polar surface area (TPSA) is 52.3 Å². The second-order valence-corrected chi connectivity index (χ2v) is 7.83. The van der Waals surface area contributed by atoms with Gasteiger partial charge in [-0.3, -0.25) is 4.68 Å². The first-order chi connectivity index (χ1) is 15.1. The van der Waals surface area contributed by atoms with E-state index in [9.17, 15) is 4.39 Å². The molecule has 154 valence electrons. The maximum atomic E-state index is 14.9. The third-order valence-corrected chi connectivity index (χ3v) is 5.59. The van der Waals surface area contributed by atoms with Crippen molar-refractivity contribution in [1.29, 1.82) is 0 Å². The van der Waals surface area contributed by atoms with E-state index in [1.54, 1.807) is 17.1 Å². The SMILES string of the molecule is Fc1cc(C2=NC(Cn3cncn3)(c3ccc(Cl)cc3)CO2)ccc1-c1ccccc1. The van der Waals surface area contributed by atoms with Gasteiger partial charge in [-0.25, -0.2) is 14.4 Å². The third kappa shape index (κ3) is 3.82. The first-order valence-electron chi connectivity index (χ1n) is 9.79. The van der Waals surface area contributed by atoms with Gasteiger partial charge in [-0.15, -0.1) is 0 Å². The van der Waals surface area contributed by atoms with Crippen LogP contribution in [0, 0.1) is 5.82 Å². The van der Waals surface area contributed by atoms with Crippen molar-refractivity contribution in [3.8, 4) is 11.1 Å². The predicted octanol–water partition coefficient (Wildman–Crippen LogP) is 5.11. The Morgan fingerprint density at radius 3 is 2.52 bits per heavy atom. The predicted molar refractivity (Wildman–Crippen MR) is 117 cm³/mol. The zero-order valence-electron chi connectivity index (χ0n) is 16.5. The fourth-order valence-corrected chi connectivity index (χ4v) is 3.88. The van der Waals surface area contributed by atoms with Crippen LogP contribution in [0.4, 0.5) is 4.39 Å². The molecule has 0 amide bonds. The highest BCUT2D eigenvalue weighted by Crippen LogP contribution is 2.35. The molecule has 0 spiro atoms. The Labute approximate surface area is 183 Å². The molecule has 5 rings (SSSR count). The molecule has 5 nitrogen and oxygen atoms in total. The van der Waals surface area contributed by atoms with Crippen LogP contribution >= 0.6 is 11.6 Å². The number of hydrogen-bond donors (Lipinski definition) is 0. The van der Waals surface area contributed by atoms with E-state index in [1.165, 1.54) is 12.4 Å². The zero-order chi connectivity index (χ0) is 21.3. The number of nitrogens with zero attached hydrogens (tertiary/aromatic N) is 4. The highest BCUT2D eigenvalue weighted by atomic mass is 35.5. The molecule has 1 aromatic heterocycles. The van der Waals surface area contributed by atoms with Gasteiger partial charge < -0.3 is 4.74 Å². The fraction of sp³-hybridized carbons (Fsp3) is 0.125. The molecular weight excluding hydrogens is 415 g/mol. The normalized spacial score (nSPS) is 17.9. The van der Waals surface area contributed by atoms with Gasteiger partial charge in [0.25, 0.3) is 0 Å². The van der Waals surface area contributed by atoms with Crippen LogP contribution in [-0.2, 0) is 16.8 Å². The summed E-state index contributed by atoms with van der Waals surface area (Å²) < 4.78 is 22.6. The first kappa shape index (κ1) is 19.5. The Kier molecular flexibility index (Phi) is 5.00. The minimum atomic E-state index is -0.720. The molecule has 3 aromatic carbocycles. The van der Waals surface area contributed by atoms with Crippen molar-refractivity contribution < 1.29 is 9.13 Å².